The van der Waals surface area contributed by atoms with E-state index in [1.807, 2.05) is 6.07 Å². The van der Waals surface area contributed by atoms with Gasteiger partial charge in [0.15, 0.2) is 5.82 Å². The number of benzene rings is 1. The molecule has 1 N–H and O–H groups in total. The highest BCUT2D eigenvalue weighted by molar-refractivity contribution is 6.29. The molecule has 0 radical (unpaired) electrons. The van der Waals surface area contributed by atoms with E-state index in [1.54, 1.807) is 24.3 Å². The summed E-state index contributed by atoms with van der Waals surface area (Å²) in [7, 11) is 0. The van der Waals surface area contributed by atoms with Gasteiger partial charge in [0.2, 0.25) is 5.88 Å². The number of hydrogen-bond donors (Lipinski definition) is 1. The summed E-state index contributed by atoms with van der Waals surface area (Å²) in [5.41, 5.74) is 0.538. The van der Waals surface area contributed by atoms with Gasteiger partial charge in [-0.1, -0.05) is 49.9 Å². The topological polar surface area (TPSA) is 55.2 Å². The summed E-state index contributed by atoms with van der Waals surface area (Å²) in [4.78, 5) is 8.44. The van der Waals surface area contributed by atoms with E-state index in [1.165, 1.54) is 12.8 Å². The van der Waals surface area contributed by atoms with Crippen LogP contribution in [0.5, 0.6) is 11.6 Å². The lowest BCUT2D eigenvalue weighted by Crippen LogP contribution is -2.01. The van der Waals surface area contributed by atoms with Crippen LogP contribution in [0.2, 0.25) is 5.15 Å². The van der Waals surface area contributed by atoms with Gasteiger partial charge in [-0.2, -0.15) is 4.98 Å². The zero-order chi connectivity index (χ0) is 15.1. The highest BCUT2D eigenvalue weighted by atomic mass is 35.5. The van der Waals surface area contributed by atoms with Gasteiger partial charge in [0, 0.05) is 6.07 Å². The Morgan fingerprint density at radius 3 is 2.71 bits per heavy atom. The molecule has 0 saturated carbocycles. The van der Waals surface area contributed by atoms with Gasteiger partial charge in [0.1, 0.15) is 10.9 Å². The van der Waals surface area contributed by atoms with Crippen molar-refractivity contribution in [3.63, 3.8) is 0 Å². The fourth-order valence-corrected chi connectivity index (χ4v) is 2.13. The molecule has 0 saturated heterocycles. The predicted molar refractivity (Wildman–Crippen MR) is 83.8 cm³/mol. The molecule has 0 amide bonds. The number of aromatic nitrogens is 2. The quantitative estimate of drug-likeness (QED) is 0.606. The minimum Gasteiger partial charge on any atom is -0.507 e. The van der Waals surface area contributed by atoms with Gasteiger partial charge in [-0.15, -0.1) is 0 Å². The average Bonchev–Trinajstić information content (AvgIpc) is 2.47. The van der Waals surface area contributed by atoms with Crippen LogP contribution in [0.3, 0.4) is 0 Å². The van der Waals surface area contributed by atoms with Crippen molar-refractivity contribution in [2.75, 3.05) is 6.61 Å². The van der Waals surface area contributed by atoms with E-state index in [0.717, 1.165) is 12.8 Å². The van der Waals surface area contributed by atoms with Gasteiger partial charge in [0.05, 0.1) is 12.2 Å². The normalized spacial score (nSPS) is 10.6. The highest BCUT2D eigenvalue weighted by Crippen LogP contribution is 2.28. The van der Waals surface area contributed by atoms with Crippen LogP contribution in [0, 0.1) is 0 Å². The Labute approximate surface area is 129 Å². The van der Waals surface area contributed by atoms with E-state index in [4.69, 9.17) is 16.3 Å². The Bertz CT molecular complexity index is 590. The predicted octanol–water partition coefficient (Wildman–Crippen LogP) is 4.46. The number of aromatic hydroxyl groups is 1. The van der Waals surface area contributed by atoms with Crippen LogP contribution in [0.4, 0.5) is 0 Å². The lowest BCUT2D eigenvalue weighted by Gasteiger charge is -2.08. The zero-order valence-electron chi connectivity index (χ0n) is 12.1. The molecule has 1 aromatic carbocycles. The second-order valence-corrected chi connectivity index (χ2v) is 5.17. The van der Waals surface area contributed by atoms with Gasteiger partial charge < -0.3 is 9.84 Å². The summed E-state index contributed by atoms with van der Waals surface area (Å²) in [6.45, 7) is 2.78. The number of phenolic OH excluding ortho intramolecular Hbond substituents is 1. The molecule has 1 aromatic heterocycles. The molecule has 0 atom stereocenters. The molecule has 5 heteroatoms. The zero-order valence-corrected chi connectivity index (χ0v) is 12.8. The van der Waals surface area contributed by atoms with Gasteiger partial charge in [0.25, 0.3) is 0 Å². The van der Waals surface area contributed by atoms with E-state index in [0.29, 0.717) is 29.0 Å². The molecule has 0 spiro atoms. The first-order valence-electron chi connectivity index (χ1n) is 7.16. The second kappa shape index (κ2) is 7.84. The molecule has 2 rings (SSSR count). The third-order valence-corrected chi connectivity index (χ3v) is 3.26. The summed E-state index contributed by atoms with van der Waals surface area (Å²) < 4.78 is 5.62. The Balaban J connectivity index is 2.09. The Morgan fingerprint density at radius 2 is 1.95 bits per heavy atom. The van der Waals surface area contributed by atoms with Crippen molar-refractivity contribution >= 4 is 11.6 Å². The van der Waals surface area contributed by atoms with Crippen LogP contribution < -0.4 is 4.74 Å². The first kappa shape index (κ1) is 15.6. The lowest BCUT2D eigenvalue weighted by atomic mass is 10.2. The van der Waals surface area contributed by atoms with Crippen molar-refractivity contribution in [1.82, 2.24) is 9.97 Å². The van der Waals surface area contributed by atoms with Crippen LogP contribution in [0.1, 0.15) is 32.6 Å². The molecule has 0 aliphatic carbocycles. The van der Waals surface area contributed by atoms with E-state index in [-0.39, 0.29) is 5.75 Å². The summed E-state index contributed by atoms with van der Waals surface area (Å²) in [6, 6.07) is 8.47. The average molecular weight is 307 g/mol. The van der Waals surface area contributed by atoms with Crippen molar-refractivity contribution in [3.05, 3.63) is 35.5 Å². The monoisotopic (exact) mass is 306 g/mol. The van der Waals surface area contributed by atoms with Gasteiger partial charge in [-0.3, -0.25) is 0 Å². The summed E-state index contributed by atoms with van der Waals surface area (Å²) in [6.07, 6.45) is 4.52. The van der Waals surface area contributed by atoms with Crippen LogP contribution in [0.15, 0.2) is 30.3 Å². The first-order valence-corrected chi connectivity index (χ1v) is 7.54. The lowest BCUT2D eigenvalue weighted by molar-refractivity contribution is 0.293. The minimum atomic E-state index is 0.119. The summed E-state index contributed by atoms with van der Waals surface area (Å²) in [5.74, 6) is 0.919. The second-order valence-electron chi connectivity index (χ2n) is 4.78. The van der Waals surface area contributed by atoms with Crippen LogP contribution in [0.25, 0.3) is 11.4 Å². The summed E-state index contributed by atoms with van der Waals surface area (Å²) >= 11 is 6.00. The van der Waals surface area contributed by atoms with Crippen LogP contribution in [-0.2, 0) is 0 Å². The maximum Gasteiger partial charge on any atom is 0.218 e. The van der Waals surface area contributed by atoms with E-state index in [2.05, 4.69) is 16.9 Å². The molecular weight excluding hydrogens is 288 g/mol. The van der Waals surface area contributed by atoms with Crippen molar-refractivity contribution < 1.29 is 9.84 Å². The molecular formula is C16H19ClN2O2. The molecule has 0 fully saturated rings. The number of rotatable bonds is 7. The number of para-hydroxylation sites is 1. The Hall–Kier alpha value is -1.81. The molecule has 2 aromatic rings. The molecule has 0 unspecified atom stereocenters. The Kier molecular flexibility index (Phi) is 5.81. The molecule has 4 nitrogen and oxygen atoms in total. The molecule has 1 heterocycles. The van der Waals surface area contributed by atoms with E-state index < -0.39 is 0 Å². The fourth-order valence-electron chi connectivity index (χ4n) is 1.96. The highest BCUT2D eigenvalue weighted by Gasteiger charge is 2.10. The van der Waals surface area contributed by atoms with Gasteiger partial charge in [-0.25, -0.2) is 4.98 Å². The van der Waals surface area contributed by atoms with Crippen LogP contribution in [-0.4, -0.2) is 21.7 Å². The smallest absolute Gasteiger partial charge is 0.218 e. The van der Waals surface area contributed by atoms with Crippen molar-refractivity contribution in [2.24, 2.45) is 0 Å². The van der Waals surface area contributed by atoms with E-state index >= 15 is 0 Å². The minimum absolute atomic E-state index is 0.119. The van der Waals surface area contributed by atoms with Gasteiger partial charge in [-0.05, 0) is 18.6 Å². The molecule has 0 bridgehead atoms. The number of nitrogens with zero attached hydrogens (tertiary/aromatic N) is 2. The van der Waals surface area contributed by atoms with Crippen molar-refractivity contribution in [1.29, 1.82) is 0 Å². The first-order chi connectivity index (χ1) is 10.2. The maximum absolute atomic E-state index is 9.86. The number of ether oxygens (including phenoxy) is 1. The largest absolute Gasteiger partial charge is 0.507 e. The molecule has 21 heavy (non-hydrogen) atoms. The number of phenols is 1. The standard InChI is InChI=1S/C16H19ClN2O2/c1-2-3-4-7-10-21-15-11-14(17)18-16(19-15)12-8-5-6-9-13(12)20/h5-6,8-9,11,20H,2-4,7,10H2,1H3. The fraction of sp³-hybridized carbons (Fsp3) is 0.375. The molecule has 112 valence electrons. The van der Waals surface area contributed by atoms with Crippen molar-refractivity contribution in [3.8, 4) is 23.0 Å². The SMILES string of the molecule is CCCCCCOc1cc(Cl)nc(-c2ccccc2O)n1. The number of halogens is 1. The number of unbranched alkanes of at least 4 members (excludes halogenated alkanes) is 3. The third kappa shape index (κ3) is 4.60. The maximum atomic E-state index is 9.86. The van der Waals surface area contributed by atoms with Crippen LogP contribution >= 0.6 is 11.6 Å². The van der Waals surface area contributed by atoms with E-state index in [9.17, 15) is 5.11 Å². The third-order valence-electron chi connectivity index (χ3n) is 3.06. The Morgan fingerprint density at radius 1 is 1.14 bits per heavy atom. The molecule has 0 aliphatic heterocycles. The summed E-state index contributed by atoms with van der Waals surface area (Å²) in [5, 5.41) is 10.2. The van der Waals surface area contributed by atoms with Crippen molar-refractivity contribution in [2.45, 2.75) is 32.6 Å². The number of hydrogen-bond acceptors (Lipinski definition) is 4. The van der Waals surface area contributed by atoms with Gasteiger partial charge >= 0.3 is 0 Å². The molecule has 0 aliphatic rings.